The molecule has 2 bridgehead atoms. The molecule has 4 unspecified atom stereocenters. The smallest absolute Gasteiger partial charge is 0.335 e. The van der Waals surface area contributed by atoms with Crippen molar-refractivity contribution in [2.45, 2.75) is 43.4 Å². The van der Waals surface area contributed by atoms with Gasteiger partial charge < -0.3 is 5.11 Å². The van der Waals surface area contributed by atoms with E-state index in [4.69, 9.17) is 21.7 Å². The molecule has 5 nitrogen and oxygen atoms in total. The molecule has 1 aliphatic heterocycles. The number of hydrogen-bond acceptors (Lipinski definition) is 4. The molecule has 1 heterocycles. The SMILES string of the molecule is O=C(O)c1ccc(N=C2SC(Cc3ccccc3Cl)C(=O)N2C2CC3CCC2C3)cc1. The molecule has 2 aromatic rings. The third-order valence-electron chi connectivity index (χ3n) is 6.70. The quantitative estimate of drug-likeness (QED) is 0.656. The summed E-state index contributed by atoms with van der Waals surface area (Å²) in [5, 5.41) is 10.3. The largest absolute Gasteiger partial charge is 0.478 e. The fourth-order valence-corrected chi connectivity index (χ4v) is 6.62. The first kappa shape index (κ1) is 20.6. The van der Waals surface area contributed by atoms with Crippen LogP contribution in [0.25, 0.3) is 0 Å². The van der Waals surface area contributed by atoms with E-state index in [-0.39, 0.29) is 22.8 Å². The third-order valence-corrected chi connectivity index (χ3v) is 8.22. The van der Waals surface area contributed by atoms with Crippen molar-refractivity contribution in [3.05, 3.63) is 64.7 Å². The van der Waals surface area contributed by atoms with Gasteiger partial charge in [0, 0.05) is 11.1 Å². The van der Waals surface area contributed by atoms with E-state index in [1.807, 2.05) is 29.2 Å². The van der Waals surface area contributed by atoms with Gasteiger partial charge >= 0.3 is 5.97 Å². The number of amidine groups is 1. The third kappa shape index (κ3) is 3.99. The van der Waals surface area contributed by atoms with Crippen LogP contribution in [0.4, 0.5) is 5.69 Å². The van der Waals surface area contributed by atoms with Crippen molar-refractivity contribution in [1.82, 2.24) is 4.90 Å². The number of carbonyl (C=O) groups excluding carboxylic acids is 1. The Bertz CT molecular complexity index is 1060. The molecule has 1 amide bonds. The summed E-state index contributed by atoms with van der Waals surface area (Å²) in [6.07, 6.45) is 5.27. The monoisotopic (exact) mass is 454 g/mol. The summed E-state index contributed by atoms with van der Waals surface area (Å²) in [5.74, 6) is 0.413. The normalized spacial score (nSPS) is 28.6. The number of rotatable bonds is 5. The molecule has 2 aliphatic carbocycles. The minimum absolute atomic E-state index is 0.114. The van der Waals surface area contributed by atoms with Gasteiger partial charge in [-0.1, -0.05) is 48.0 Å². The minimum Gasteiger partial charge on any atom is -0.478 e. The van der Waals surface area contributed by atoms with Crippen LogP contribution in [0.3, 0.4) is 0 Å². The Balaban J connectivity index is 1.45. The number of thioether (sulfide) groups is 1. The maximum Gasteiger partial charge on any atom is 0.335 e. The average Bonchev–Trinajstić information content (AvgIpc) is 3.45. The lowest BCUT2D eigenvalue weighted by Gasteiger charge is -2.31. The highest BCUT2D eigenvalue weighted by atomic mass is 35.5. The molecule has 1 N–H and O–H groups in total. The second-order valence-electron chi connectivity index (χ2n) is 8.60. The highest BCUT2D eigenvalue weighted by Gasteiger charge is 2.49. The van der Waals surface area contributed by atoms with Crippen LogP contribution >= 0.6 is 23.4 Å². The van der Waals surface area contributed by atoms with Gasteiger partial charge in [0.25, 0.3) is 0 Å². The molecule has 3 fully saturated rings. The first-order valence-corrected chi connectivity index (χ1v) is 11.9. The van der Waals surface area contributed by atoms with Crippen LogP contribution in [-0.2, 0) is 11.2 Å². The molecule has 2 aromatic carbocycles. The van der Waals surface area contributed by atoms with Gasteiger partial charge in [-0.3, -0.25) is 9.69 Å². The lowest BCUT2D eigenvalue weighted by Crippen LogP contribution is -2.44. The second-order valence-corrected chi connectivity index (χ2v) is 10.2. The molecule has 1 saturated heterocycles. The first-order valence-electron chi connectivity index (χ1n) is 10.6. The summed E-state index contributed by atoms with van der Waals surface area (Å²) in [7, 11) is 0. The van der Waals surface area contributed by atoms with E-state index in [0.717, 1.165) is 17.2 Å². The van der Waals surface area contributed by atoms with Crippen LogP contribution in [0.2, 0.25) is 5.02 Å². The van der Waals surface area contributed by atoms with Crippen LogP contribution in [-0.4, -0.2) is 38.3 Å². The standard InChI is InChI=1S/C24H23ClN2O3S/c25-19-4-2-1-3-16(19)13-21-22(28)27(20-12-14-5-6-17(20)11-14)24(31-21)26-18-9-7-15(8-10-18)23(29)30/h1-4,7-10,14,17,20-21H,5-6,11-13H2,(H,29,30). The number of fused-ring (bicyclic) bond motifs is 2. The predicted octanol–water partition coefficient (Wildman–Crippen LogP) is 5.40. The van der Waals surface area contributed by atoms with Crippen molar-refractivity contribution in [3.8, 4) is 0 Å². The Morgan fingerprint density at radius 2 is 1.90 bits per heavy atom. The molecule has 31 heavy (non-hydrogen) atoms. The number of aliphatic imine (C=N–C) groups is 1. The Kier molecular flexibility index (Phi) is 5.52. The van der Waals surface area contributed by atoms with E-state index in [9.17, 15) is 9.59 Å². The molecular formula is C24H23ClN2O3S. The fraction of sp³-hybridized carbons (Fsp3) is 0.375. The highest BCUT2D eigenvalue weighted by molar-refractivity contribution is 8.15. The maximum absolute atomic E-state index is 13.5. The van der Waals surface area contributed by atoms with Crippen molar-refractivity contribution in [1.29, 1.82) is 0 Å². The molecular weight excluding hydrogens is 432 g/mol. The summed E-state index contributed by atoms with van der Waals surface area (Å²) in [4.78, 5) is 31.4. The summed E-state index contributed by atoms with van der Waals surface area (Å²) < 4.78 is 0. The van der Waals surface area contributed by atoms with Gasteiger partial charge in [0.2, 0.25) is 5.91 Å². The molecule has 3 aliphatic rings. The summed E-state index contributed by atoms with van der Waals surface area (Å²) in [5.41, 5.74) is 1.85. The highest BCUT2D eigenvalue weighted by Crippen LogP contribution is 2.49. The lowest BCUT2D eigenvalue weighted by molar-refractivity contribution is -0.128. The summed E-state index contributed by atoms with van der Waals surface area (Å²) in [6.45, 7) is 0. The van der Waals surface area contributed by atoms with E-state index in [2.05, 4.69) is 0 Å². The predicted molar refractivity (Wildman–Crippen MR) is 123 cm³/mol. The molecule has 7 heteroatoms. The number of benzene rings is 2. The van der Waals surface area contributed by atoms with Crippen molar-refractivity contribution >= 4 is 46.1 Å². The van der Waals surface area contributed by atoms with E-state index >= 15 is 0 Å². The van der Waals surface area contributed by atoms with Crippen molar-refractivity contribution < 1.29 is 14.7 Å². The number of carboxylic acid groups (broad SMARTS) is 1. The van der Waals surface area contributed by atoms with E-state index in [1.54, 1.807) is 24.3 Å². The van der Waals surface area contributed by atoms with Gasteiger partial charge in [-0.25, -0.2) is 9.79 Å². The zero-order valence-electron chi connectivity index (χ0n) is 16.9. The molecule has 5 rings (SSSR count). The first-order chi connectivity index (χ1) is 15.0. The molecule has 0 aromatic heterocycles. The molecule has 0 radical (unpaired) electrons. The second kappa shape index (κ2) is 8.32. The number of amides is 1. The van der Waals surface area contributed by atoms with Crippen LogP contribution < -0.4 is 0 Å². The molecule has 0 spiro atoms. The van der Waals surface area contributed by atoms with Gasteiger partial charge in [-0.15, -0.1) is 0 Å². The lowest BCUT2D eigenvalue weighted by atomic mass is 9.94. The molecule has 2 saturated carbocycles. The van der Waals surface area contributed by atoms with Crippen LogP contribution in [0.1, 0.15) is 41.6 Å². The van der Waals surface area contributed by atoms with Crippen LogP contribution in [0.15, 0.2) is 53.5 Å². The van der Waals surface area contributed by atoms with Gasteiger partial charge in [0.15, 0.2) is 5.17 Å². The Morgan fingerprint density at radius 1 is 1.13 bits per heavy atom. The van der Waals surface area contributed by atoms with Gasteiger partial charge in [0.05, 0.1) is 16.5 Å². The van der Waals surface area contributed by atoms with Crippen LogP contribution in [0.5, 0.6) is 0 Å². The fourth-order valence-electron chi connectivity index (χ4n) is 5.18. The van der Waals surface area contributed by atoms with Gasteiger partial charge in [-0.05, 0) is 73.4 Å². The number of halogens is 1. The zero-order valence-corrected chi connectivity index (χ0v) is 18.5. The van der Waals surface area contributed by atoms with Crippen molar-refractivity contribution in [3.63, 3.8) is 0 Å². The van der Waals surface area contributed by atoms with E-state index < -0.39 is 5.97 Å². The molecule has 160 valence electrons. The van der Waals surface area contributed by atoms with Gasteiger partial charge in [0.1, 0.15) is 0 Å². The summed E-state index contributed by atoms with van der Waals surface area (Å²) >= 11 is 7.86. The molecule has 4 atom stereocenters. The average molecular weight is 455 g/mol. The van der Waals surface area contributed by atoms with E-state index in [1.165, 1.54) is 31.0 Å². The Hall–Kier alpha value is -2.31. The van der Waals surface area contributed by atoms with Crippen molar-refractivity contribution in [2.24, 2.45) is 16.8 Å². The van der Waals surface area contributed by atoms with Crippen LogP contribution in [0, 0.1) is 11.8 Å². The Labute approximate surface area is 190 Å². The van der Waals surface area contributed by atoms with Gasteiger partial charge in [-0.2, -0.15) is 0 Å². The number of carboxylic acids is 1. The minimum atomic E-state index is -0.965. The van der Waals surface area contributed by atoms with Crippen molar-refractivity contribution in [2.75, 3.05) is 0 Å². The van der Waals surface area contributed by atoms with E-state index in [0.29, 0.717) is 29.0 Å². The number of aromatic carboxylic acids is 1. The number of carbonyl (C=O) groups is 2. The number of nitrogens with zero attached hydrogens (tertiary/aromatic N) is 2. The zero-order chi connectivity index (χ0) is 21.5. The maximum atomic E-state index is 13.5. The Morgan fingerprint density at radius 3 is 2.55 bits per heavy atom. The topological polar surface area (TPSA) is 70.0 Å². The number of hydrogen-bond donors (Lipinski definition) is 1. The summed E-state index contributed by atoms with van der Waals surface area (Å²) in [6, 6.07) is 14.4.